The van der Waals surface area contributed by atoms with Crippen molar-refractivity contribution >= 4 is 29.9 Å². The molecule has 1 fully saturated rings. The Labute approximate surface area is 170 Å². The van der Waals surface area contributed by atoms with E-state index < -0.39 is 0 Å². The van der Waals surface area contributed by atoms with Crippen molar-refractivity contribution < 1.29 is 0 Å². The van der Waals surface area contributed by atoms with Crippen molar-refractivity contribution in [2.24, 2.45) is 4.99 Å². The van der Waals surface area contributed by atoms with Crippen LogP contribution in [0.1, 0.15) is 57.6 Å². The molecular formula is C20H35IN4. The molecule has 0 bridgehead atoms. The lowest BCUT2D eigenvalue weighted by Crippen LogP contribution is -2.42. The molecule has 0 aliphatic carbocycles. The lowest BCUT2D eigenvalue weighted by atomic mass is 10.1. The number of guanidine groups is 1. The summed E-state index contributed by atoms with van der Waals surface area (Å²) in [4.78, 5) is 7.38. The molecule has 1 atom stereocenters. The molecule has 5 heteroatoms. The standard InChI is InChI=1S/C20H34N4.HI/c1-4-17(3)23-20(21-5-2)22-15-18-11-7-8-12-19(18)16-24-13-9-6-10-14-24;/h7-8,11-12,17H,4-6,9-10,13-16H2,1-3H3,(H2,21,22,23);1H. The van der Waals surface area contributed by atoms with Crippen molar-refractivity contribution in [3.63, 3.8) is 0 Å². The first-order valence-electron chi connectivity index (χ1n) is 9.57. The van der Waals surface area contributed by atoms with Gasteiger partial charge in [-0.3, -0.25) is 4.90 Å². The number of benzene rings is 1. The molecule has 0 saturated carbocycles. The van der Waals surface area contributed by atoms with Gasteiger partial charge in [0.25, 0.3) is 0 Å². The van der Waals surface area contributed by atoms with E-state index in [1.165, 1.54) is 43.5 Å². The van der Waals surface area contributed by atoms with E-state index in [2.05, 4.69) is 60.6 Å². The molecule has 0 amide bonds. The highest BCUT2D eigenvalue weighted by molar-refractivity contribution is 14.0. The van der Waals surface area contributed by atoms with Gasteiger partial charge in [0.05, 0.1) is 6.54 Å². The van der Waals surface area contributed by atoms with Crippen LogP contribution in [0.2, 0.25) is 0 Å². The Morgan fingerprint density at radius 1 is 1.12 bits per heavy atom. The minimum absolute atomic E-state index is 0. The van der Waals surface area contributed by atoms with Crippen molar-refractivity contribution in [3.05, 3.63) is 35.4 Å². The summed E-state index contributed by atoms with van der Waals surface area (Å²) in [5, 5.41) is 6.81. The summed E-state index contributed by atoms with van der Waals surface area (Å²) in [5.41, 5.74) is 2.76. The lowest BCUT2D eigenvalue weighted by Gasteiger charge is -2.27. The summed E-state index contributed by atoms with van der Waals surface area (Å²) in [5.74, 6) is 0.916. The molecule has 1 aromatic carbocycles. The van der Waals surface area contributed by atoms with Crippen molar-refractivity contribution in [1.29, 1.82) is 0 Å². The Morgan fingerprint density at radius 3 is 2.44 bits per heavy atom. The molecule has 25 heavy (non-hydrogen) atoms. The van der Waals surface area contributed by atoms with Crippen molar-refractivity contribution in [1.82, 2.24) is 15.5 Å². The first-order chi connectivity index (χ1) is 11.7. The quantitative estimate of drug-likeness (QED) is 0.367. The number of nitrogens with one attached hydrogen (secondary N) is 2. The van der Waals surface area contributed by atoms with Gasteiger partial charge in [0.15, 0.2) is 5.96 Å². The number of rotatable bonds is 7. The molecule has 1 heterocycles. The molecule has 1 aromatic rings. The molecular weight excluding hydrogens is 423 g/mol. The zero-order valence-corrected chi connectivity index (χ0v) is 18.4. The third-order valence-corrected chi connectivity index (χ3v) is 4.71. The van der Waals surface area contributed by atoms with Crippen LogP contribution in [-0.2, 0) is 13.1 Å². The third-order valence-electron chi connectivity index (χ3n) is 4.71. The Kier molecular flexibility index (Phi) is 11.1. The van der Waals surface area contributed by atoms with E-state index in [1.807, 2.05) is 0 Å². The highest BCUT2D eigenvalue weighted by atomic mass is 127. The zero-order chi connectivity index (χ0) is 17.2. The third kappa shape index (κ3) is 7.94. The minimum atomic E-state index is 0. The van der Waals surface area contributed by atoms with Gasteiger partial charge in [-0.05, 0) is 57.3 Å². The summed E-state index contributed by atoms with van der Waals surface area (Å²) in [6.45, 7) is 11.6. The van der Waals surface area contributed by atoms with Gasteiger partial charge in [-0.15, -0.1) is 24.0 Å². The maximum atomic E-state index is 4.80. The predicted octanol–water partition coefficient (Wildman–Crippen LogP) is 4.14. The second-order valence-electron chi connectivity index (χ2n) is 6.75. The van der Waals surface area contributed by atoms with Gasteiger partial charge in [-0.2, -0.15) is 0 Å². The fraction of sp³-hybridized carbons (Fsp3) is 0.650. The highest BCUT2D eigenvalue weighted by Crippen LogP contribution is 2.16. The van der Waals surface area contributed by atoms with Crippen LogP contribution in [0.25, 0.3) is 0 Å². The van der Waals surface area contributed by atoms with Crippen molar-refractivity contribution in [2.75, 3.05) is 19.6 Å². The summed E-state index contributed by atoms with van der Waals surface area (Å²) < 4.78 is 0. The van der Waals surface area contributed by atoms with Crippen LogP contribution < -0.4 is 10.6 Å². The topological polar surface area (TPSA) is 39.7 Å². The monoisotopic (exact) mass is 458 g/mol. The number of aliphatic imine (C=N–C) groups is 1. The second-order valence-corrected chi connectivity index (χ2v) is 6.75. The van der Waals surface area contributed by atoms with E-state index in [0.717, 1.165) is 32.0 Å². The molecule has 2 N–H and O–H groups in total. The van der Waals surface area contributed by atoms with Gasteiger partial charge in [0, 0.05) is 19.1 Å². The van der Waals surface area contributed by atoms with E-state index in [-0.39, 0.29) is 24.0 Å². The molecule has 1 aliphatic heterocycles. The van der Waals surface area contributed by atoms with Gasteiger partial charge in [-0.25, -0.2) is 4.99 Å². The largest absolute Gasteiger partial charge is 0.357 e. The average molecular weight is 458 g/mol. The fourth-order valence-electron chi connectivity index (χ4n) is 3.04. The van der Waals surface area contributed by atoms with Crippen LogP contribution in [0.3, 0.4) is 0 Å². The smallest absolute Gasteiger partial charge is 0.191 e. The molecule has 4 nitrogen and oxygen atoms in total. The maximum absolute atomic E-state index is 4.80. The zero-order valence-electron chi connectivity index (χ0n) is 16.1. The number of hydrogen-bond acceptors (Lipinski definition) is 2. The van der Waals surface area contributed by atoms with Crippen LogP contribution in [0, 0.1) is 0 Å². The van der Waals surface area contributed by atoms with Crippen LogP contribution in [0.15, 0.2) is 29.3 Å². The van der Waals surface area contributed by atoms with Gasteiger partial charge < -0.3 is 10.6 Å². The molecule has 0 radical (unpaired) electrons. The molecule has 0 aromatic heterocycles. The molecule has 2 rings (SSSR count). The van der Waals surface area contributed by atoms with E-state index >= 15 is 0 Å². The average Bonchev–Trinajstić information content (AvgIpc) is 2.61. The Hall–Kier alpha value is -0.820. The van der Waals surface area contributed by atoms with Crippen LogP contribution in [0.5, 0.6) is 0 Å². The SMILES string of the molecule is CCNC(=NCc1ccccc1CN1CCCCC1)NC(C)CC.I. The van der Waals surface area contributed by atoms with E-state index in [1.54, 1.807) is 0 Å². The minimum Gasteiger partial charge on any atom is -0.357 e. The number of halogens is 1. The van der Waals surface area contributed by atoms with Crippen molar-refractivity contribution in [2.45, 2.75) is 65.6 Å². The molecule has 0 spiro atoms. The van der Waals surface area contributed by atoms with Gasteiger partial charge >= 0.3 is 0 Å². The Bertz CT molecular complexity index is 512. The highest BCUT2D eigenvalue weighted by Gasteiger charge is 2.12. The van der Waals surface area contributed by atoms with Crippen LogP contribution >= 0.6 is 24.0 Å². The summed E-state index contributed by atoms with van der Waals surface area (Å²) in [6, 6.07) is 9.19. The lowest BCUT2D eigenvalue weighted by molar-refractivity contribution is 0.220. The first kappa shape index (κ1) is 22.2. The van der Waals surface area contributed by atoms with Crippen LogP contribution in [-0.4, -0.2) is 36.5 Å². The van der Waals surface area contributed by atoms with Gasteiger partial charge in [0.2, 0.25) is 0 Å². The summed E-state index contributed by atoms with van der Waals surface area (Å²) in [7, 11) is 0. The predicted molar refractivity (Wildman–Crippen MR) is 119 cm³/mol. The Morgan fingerprint density at radius 2 is 1.80 bits per heavy atom. The summed E-state index contributed by atoms with van der Waals surface area (Å²) >= 11 is 0. The van der Waals surface area contributed by atoms with Crippen LogP contribution in [0.4, 0.5) is 0 Å². The molecule has 1 aliphatic rings. The second kappa shape index (κ2) is 12.5. The normalized spacial score (nSPS) is 16.8. The van der Waals surface area contributed by atoms with Gasteiger partial charge in [-0.1, -0.05) is 37.6 Å². The molecule has 1 saturated heterocycles. The van der Waals surface area contributed by atoms with E-state index in [0.29, 0.717) is 6.04 Å². The van der Waals surface area contributed by atoms with Crippen molar-refractivity contribution in [3.8, 4) is 0 Å². The molecule has 142 valence electrons. The maximum Gasteiger partial charge on any atom is 0.191 e. The fourth-order valence-corrected chi connectivity index (χ4v) is 3.04. The number of hydrogen-bond donors (Lipinski definition) is 2. The van der Waals surface area contributed by atoms with E-state index in [4.69, 9.17) is 4.99 Å². The van der Waals surface area contributed by atoms with Gasteiger partial charge in [0.1, 0.15) is 0 Å². The number of likely N-dealkylation sites (tertiary alicyclic amines) is 1. The summed E-state index contributed by atoms with van der Waals surface area (Å²) in [6.07, 6.45) is 5.15. The Balaban J connectivity index is 0.00000312. The van der Waals surface area contributed by atoms with E-state index in [9.17, 15) is 0 Å². The molecule has 1 unspecified atom stereocenters. The number of piperidine rings is 1. The first-order valence-corrected chi connectivity index (χ1v) is 9.57. The number of nitrogens with zero attached hydrogens (tertiary/aromatic N) is 2.